The van der Waals surface area contributed by atoms with Crippen LogP contribution in [0.4, 0.5) is 0 Å². The molecular weight excluding hydrogens is 304 g/mol. The Bertz CT molecular complexity index is 474. The maximum Gasteiger partial charge on any atom is 0.222 e. The third-order valence-electron chi connectivity index (χ3n) is 4.35. The minimum absolute atomic E-state index is 0.167. The number of piperazine rings is 1. The predicted octanol–water partition coefficient (Wildman–Crippen LogP) is 1.04. The zero-order valence-electron chi connectivity index (χ0n) is 14.3. The number of carbonyl (C=O) groups is 1. The molecule has 130 valence electrons. The SMILES string of the molecule is CC(C)(C)CCC(=O)N1CC[N+](C)(CCCS(=O)(=O)[O-])CC1. The highest BCUT2D eigenvalue weighted by molar-refractivity contribution is 7.85. The lowest BCUT2D eigenvalue weighted by Gasteiger charge is -2.42. The van der Waals surface area contributed by atoms with Crippen molar-refractivity contribution in [2.24, 2.45) is 5.41 Å². The Hall–Kier alpha value is -0.660. The Morgan fingerprint density at radius 1 is 1.23 bits per heavy atom. The Labute approximate surface area is 134 Å². The van der Waals surface area contributed by atoms with Crippen molar-refractivity contribution >= 4 is 16.0 Å². The molecule has 0 atom stereocenters. The van der Waals surface area contributed by atoms with Crippen LogP contribution in [-0.4, -0.2) is 73.8 Å². The fraction of sp³-hybridized carbons (Fsp3) is 0.933. The zero-order valence-corrected chi connectivity index (χ0v) is 15.1. The van der Waals surface area contributed by atoms with Crippen LogP contribution in [0.1, 0.15) is 40.0 Å². The van der Waals surface area contributed by atoms with Gasteiger partial charge in [0.2, 0.25) is 5.91 Å². The second-order valence-electron chi connectivity index (χ2n) is 7.85. The minimum atomic E-state index is -4.12. The van der Waals surface area contributed by atoms with E-state index in [9.17, 15) is 17.8 Å². The van der Waals surface area contributed by atoms with Gasteiger partial charge in [0.1, 0.15) is 0 Å². The number of rotatable bonds is 6. The molecule has 1 fully saturated rings. The molecule has 1 aliphatic heterocycles. The van der Waals surface area contributed by atoms with E-state index in [1.54, 1.807) is 0 Å². The molecule has 6 nitrogen and oxygen atoms in total. The Morgan fingerprint density at radius 2 is 1.77 bits per heavy atom. The smallest absolute Gasteiger partial charge is 0.222 e. The van der Waals surface area contributed by atoms with Crippen molar-refractivity contribution in [2.45, 2.75) is 40.0 Å². The number of quaternary nitrogens is 1. The lowest BCUT2D eigenvalue weighted by atomic mass is 9.90. The molecule has 1 heterocycles. The maximum atomic E-state index is 12.2. The number of hydrogen-bond acceptors (Lipinski definition) is 4. The molecular formula is C15H30N2O4S. The molecule has 0 spiro atoms. The molecule has 0 N–H and O–H groups in total. The summed E-state index contributed by atoms with van der Waals surface area (Å²) in [5, 5.41) is 0. The van der Waals surface area contributed by atoms with Gasteiger partial charge in [-0.1, -0.05) is 20.8 Å². The number of amides is 1. The van der Waals surface area contributed by atoms with E-state index in [0.717, 1.165) is 24.0 Å². The number of carbonyl (C=O) groups excluding carboxylic acids is 1. The van der Waals surface area contributed by atoms with Crippen molar-refractivity contribution in [3.8, 4) is 0 Å². The van der Waals surface area contributed by atoms with Crippen molar-refractivity contribution in [2.75, 3.05) is 45.5 Å². The zero-order chi connectivity index (χ0) is 17.0. The van der Waals surface area contributed by atoms with Gasteiger partial charge < -0.3 is 13.9 Å². The van der Waals surface area contributed by atoms with Gasteiger partial charge in [0.25, 0.3) is 0 Å². The van der Waals surface area contributed by atoms with Crippen molar-refractivity contribution in [3.63, 3.8) is 0 Å². The average molecular weight is 334 g/mol. The molecule has 1 saturated heterocycles. The molecule has 0 aromatic rings. The molecule has 1 aliphatic rings. The lowest BCUT2D eigenvalue weighted by Crippen LogP contribution is -2.58. The van der Waals surface area contributed by atoms with E-state index < -0.39 is 10.1 Å². The summed E-state index contributed by atoms with van der Waals surface area (Å²) in [4.78, 5) is 14.1. The van der Waals surface area contributed by atoms with E-state index in [1.165, 1.54) is 0 Å². The van der Waals surface area contributed by atoms with Crippen LogP contribution < -0.4 is 0 Å². The topological polar surface area (TPSA) is 77.5 Å². The highest BCUT2D eigenvalue weighted by Crippen LogP contribution is 2.22. The van der Waals surface area contributed by atoms with Gasteiger partial charge in [-0.25, -0.2) is 8.42 Å². The molecule has 0 aromatic carbocycles. The summed E-state index contributed by atoms with van der Waals surface area (Å²) in [7, 11) is -2.06. The lowest BCUT2D eigenvalue weighted by molar-refractivity contribution is -0.913. The van der Waals surface area contributed by atoms with Gasteiger partial charge >= 0.3 is 0 Å². The van der Waals surface area contributed by atoms with Crippen LogP contribution in [0.5, 0.6) is 0 Å². The fourth-order valence-corrected chi connectivity index (χ4v) is 3.17. The first kappa shape index (κ1) is 19.4. The second-order valence-corrected chi connectivity index (χ2v) is 9.37. The summed E-state index contributed by atoms with van der Waals surface area (Å²) < 4.78 is 32.7. The summed E-state index contributed by atoms with van der Waals surface area (Å²) in [6, 6.07) is 0. The highest BCUT2D eigenvalue weighted by Gasteiger charge is 2.30. The first-order valence-electron chi connectivity index (χ1n) is 7.95. The second kappa shape index (κ2) is 7.27. The first-order valence-corrected chi connectivity index (χ1v) is 9.53. The fourth-order valence-electron chi connectivity index (χ4n) is 2.68. The van der Waals surface area contributed by atoms with Crippen molar-refractivity contribution in [1.82, 2.24) is 4.90 Å². The van der Waals surface area contributed by atoms with E-state index in [0.29, 0.717) is 32.5 Å². The van der Waals surface area contributed by atoms with Crippen molar-refractivity contribution < 1.29 is 22.2 Å². The third-order valence-corrected chi connectivity index (χ3v) is 5.14. The van der Waals surface area contributed by atoms with Crippen LogP contribution in [0.25, 0.3) is 0 Å². The van der Waals surface area contributed by atoms with Crippen LogP contribution in [0.2, 0.25) is 0 Å². The molecule has 0 aliphatic carbocycles. The van der Waals surface area contributed by atoms with Crippen molar-refractivity contribution in [1.29, 1.82) is 0 Å². The van der Waals surface area contributed by atoms with Gasteiger partial charge in [-0.2, -0.15) is 0 Å². The number of hydrogen-bond donors (Lipinski definition) is 0. The normalized spacial score (nSPS) is 19.2. The van der Waals surface area contributed by atoms with Crippen LogP contribution in [0.15, 0.2) is 0 Å². The largest absolute Gasteiger partial charge is 0.748 e. The van der Waals surface area contributed by atoms with Gasteiger partial charge in [-0.3, -0.25) is 4.79 Å². The van der Waals surface area contributed by atoms with Gasteiger partial charge in [0.05, 0.1) is 49.9 Å². The summed E-state index contributed by atoms with van der Waals surface area (Å²) >= 11 is 0. The Balaban J connectivity index is 2.37. The molecule has 0 bridgehead atoms. The number of nitrogens with zero attached hydrogens (tertiary/aromatic N) is 2. The molecule has 0 unspecified atom stereocenters. The van der Waals surface area contributed by atoms with E-state index in [4.69, 9.17) is 0 Å². The maximum absolute atomic E-state index is 12.2. The summed E-state index contributed by atoms with van der Waals surface area (Å²) in [6.45, 7) is 10.1. The third kappa shape index (κ3) is 7.56. The average Bonchev–Trinajstić information content (AvgIpc) is 2.34. The summed E-state index contributed by atoms with van der Waals surface area (Å²) in [6.07, 6.45) is 1.86. The molecule has 22 heavy (non-hydrogen) atoms. The Kier molecular flexibility index (Phi) is 6.41. The predicted molar refractivity (Wildman–Crippen MR) is 85.2 cm³/mol. The summed E-state index contributed by atoms with van der Waals surface area (Å²) in [5.74, 6) is -0.0852. The van der Waals surface area contributed by atoms with Crippen LogP contribution in [0.3, 0.4) is 0 Å². The molecule has 0 aromatic heterocycles. The minimum Gasteiger partial charge on any atom is -0.748 e. The molecule has 1 amide bonds. The monoisotopic (exact) mass is 334 g/mol. The van der Waals surface area contributed by atoms with Gasteiger partial charge in [-0.05, 0) is 11.8 Å². The van der Waals surface area contributed by atoms with E-state index in [-0.39, 0.29) is 17.1 Å². The van der Waals surface area contributed by atoms with Crippen LogP contribution in [-0.2, 0) is 14.9 Å². The van der Waals surface area contributed by atoms with Gasteiger partial charge in [0.15, 0.2) is 0 Å². The molecule has 0 saturated carbocycles. The van der Waals surface area contributed by atoms with Gasteiger partial charge in [0, 0.05) is 18.6 Å². The van der Waals surface area contributed by atoms with Gasteiger partial charge in [-0.15, -0.1) is 0 Å². The summed E-state index contributed by atoms with van der Waals surface area (Å²) in [5.41, 5.74) is 0.167. The van der Waals surface area contributed by atoms with Crippen LogP contribution >= 0.6 is 0 Å². The Morgan fingerprint density at radius 3 is 2.23 bits per heavy atom. The highest BCUT2D eigenvalue weighted by atomic mass is 32.2. The molecule has 0 radical (unpaired) electrons. The van der Waals surface area contributed by atoms with E-state index in [1.807, 2.05) is 4.90 Å². The molecule has 1 rings (SSSR count). The first-order chi connectivity index (χ1) is 9.90. The van der Waals surface area contributed by atoms with Crippen molar-refractivity contribution in [3.05, 3.63) is 0 Å². The molecule has 7 heteroatoms. The standard InChI is InChI=1S/C15H30N2O4S/c1-15(2,3)7-6-14(18)16-8-11-17(4,12-9-16)10-5-13-22(19,20)21/h5-13H2,1-4H3. The number of likely N-dealkylation sites (N-methyl/N-ethyl adjacent to an activating group) is 1. The van der Waals surface area contributed by atoms with E-state index >= 15 is 0 Å². The van der Waals surface area contributed by atoms with E-state index in [2.05, 4.69) is 27.8 Å². The quantitative estimate of drug-likeness (QED) is 0.537. The van der Waals surface area contributed by atoms with Crippen LogP contribution in [0, 0.1) is 5.41 Å².